The Morgan fingerprint density at radius 1 is 1.14 bits per heavy atom. The van der Waals surface area contributed by atoms with E-state index in [0.29, 0.717) is 6.54 Å². The average Bonchev–Trinajstić information content (AvgIpc) is 2.95. The monoisotopic (exact) mass is 281 g/mol. The number of benzene rings is 2. The maximum absolute atomic E-state index is 5.85. The highest BCUT2D eigenvalue weighted by molar-refractivity contribution is 5.89. The van der Waals surface area contributed by atoms with Crippen LogP contribution in [-0.4, -0.2) is 16.3 Å². The molecule has 4 heteroatoms. The number of anilines is 1. The maximum atomic E-state index is 5.85. The van der Waals surface area contributed by atoms with Crippen LogP contribution in [0.1, 0.15) is 19.4 Å². The molecule has 0 saturated heterocycles. The highest BCUT2D eigenvalue weighted by Gasteiger charge is 2.06. The van der Waals surface area contributed by atoms with Crippen LogP contribution in [0.3, 0.4) is 0 Å². The minimum Gasteiger partial charge on any atom is -0.491 e. The molecule has 0 radical (unpaired) electrons. The molecule has 4 nitrogen and oxygen atoms in total. The predicted molar refractivity (Wildman–Crippen MR) is 85.6 cm³/mol. The number of H-pyrrole nitrogens is 1. The van der Waals surface area contributed by atoms with E-state index in [9.17, 15) is 0 Å². The molecule has 0 amide bonds. The van der Waals surface area contributed by atoms with E-state index in [2.05, 4.69) is 21.6 Å². The van der Waals surface area contributed by atoms with Gasteiger partial charge in [-0.05, 0) is 26.0 Å². The topological polar surface area (TPSA) is 49.9 Å². The number of ether oxygens (including phenoxy) is 1. The van der Waals surface area contributed by atoms with Crippen molar-refractivity contribution in [3.05, 3.63) is 54.2 Å². The fraction of sp³-hybridized carbons (Fsp3) is 0.235. The zero-order valence-electron chi connectivity index (χ0n) is 12.3. The fourth-order valence-electron chi connectivity index (χ4n) is 2.33. The molecule has 0 bridgehead atoms. The van der Waals surface area contributed by atoms with Crippen molar-refractivity contribution in [2.24, 2.45) is 0 Å². The molecule has 1 aromatic heterocycles. The van der Waals surface area contributed by atoms with Gasteiger partial charge in [0.2, 0.25) is 0 Å². The minimum atomic E-state index is 0.169. The van der Waals surface area contributed by atoms with E-state index in [0.717, 1.165) is 27.9 Å². The smallest absolute Gasteiger partial charge is 0.124 e. The summed E-state index contributed by atoms with van der Waals surface area (Å²) in [5, 5.41) is 11.7. The normalized spacial score (nSPS) is 11.0. The molecule has 0 unspecified atom stereocenters. The van der Waals surface area contributed by atoms with Crippen LogP contribution >= 0.6 is 0 Å². The third-order valence-corrected chi connectivity index (χ3v) is 3.28. The summed E-state index contributed by atoms with van der Waals surface area (Å²) in [7, 11) is 0. The second-order valence-electron chi connectivity index (χ2n) is 5.27. The van der Waals surface area contributed by atoms with Gasteiger partial charge in [-0.15, -0.1) is 0 Å². The van der Waals surface area contributed by atoms with Crippen molar-refractivity contribution in [2.45, 2.75) is 26.5 Å². The lowest BCUT2D eigenvalue weighted by molar-refractivity contribution is 0.240. The molecule has 0 spiro atoms. The van der Waals surface area contributed by atoms with E-state index in [1.165, 1.54) is 0 Å². The zero-order valence-corrected chi connectivity index (χ0v) is 12.3. The van der Waals surface area contributed by atoms with Crippen LogP contribution in [0.25, 0.3) is 10.9 Å². The lowest BCUT2D eigenvalue weighted by Crippen LogP contribution is -2.09. The summed E-state index contributed by atoms with van der Waals surface area (Å²) >= 11 is 0. The van der Waals surface area contributed by atoms with Crippen molar-refractivity contribution in [3.63, 3.8) is 0 Å². The molecule has 3 aromatic rings. The van der Waals surface area contributed by atoms with E-state index in [-0.39, 0.29) is 6.10 Å². The van der Waals surface area contributed by atoms with Gasteiger partial charge in [-0.3, -0.25) is 5.10 Å². The van der Waals surface area contributed by atoms with Gasteiger partial charge in [0.25, 0.3) is 0 Å². The second-order valence-corrected chi connectivity index (χ2v) is 5.27. The number of aromatic nitrogens is 2. The molecule has 0 saturated carbocycles. The van der Waals surface area contributed by atoms with Gasteiger partial charge >= 0.3 is 0 Å². The predicted octanol–water partition coefficient (Wildman–Crippen LogP) is 3.96. The molecule has 0 atom stereocenters. The number of hydrogen-bond donors (Lipinski definition) is 2. The van der Waals surface area contributed by atoms with Crippen LogP contribution < -0.4 is 10.1 Å². The SMILES string of the molecule is CC(C)Oc1ccccc1CNc1cccc2cn[nH]c12. The first-order chi connectivity index (χ1) is 10.2. The standard InChI is InChI=1S/C17H19N3O/c1-12(2)21-16-9-4-3-6-13(16)10-18-15-8-5-7-14-11-19-20-17(14)15/h3-9,11-12,18H,10H2,1-2H3,(H,19,20). The summed E-state index contributed by atoms with van der Waals surface area (Å²) in [5.74, 6) is 0.928. The minimum absolute atomic E-state index is 0.169. The third-order valence-electron chi connectivity index (χ3n) is 3.28. The molecule has 0 aliphatic heterocycles. The molecule has 2 aromatic carbocycles. The lowest BCUT2D eigenvalue weighted by Gasteiger charge is -2.15. The van der Waals surface area contributed by atoms with Gasteiger partial charge < -0.3 is 10.1 Å². The van der Waals surface area contributed by atoms with Gasteiger partial charge in [-0.1, -0.05) is 30.3 Å². The lowest BCUT2D eigenvalue weighted by atomic mass is 10.2. The second kappa shape index (κ2) is 5.87. The highest BCUT2D eigenvalue weighted by atomic mass is 16.5. The number of nitrogens with zero attached hydrogens (tertiary/aromatic N) is 1. The molecule has 21 heavy (non-hydrogen) atoms. The van der Waals surface area contributed by atoms with Crippen molar-refractivity contribution in [1.29, 1.82) is 0 Å². The van der Waals surface area contributed by atoms with Crippen molar-refractivity contribution < 1.29 is 4.74 Å². The van der Waals surface area contributed by atoms with Crippen molar-refractivity contribution in [2.75, 3.05) is 5.32 Å². The Hall–Kier alpha value is -2.49. The van der Waals surface area contributed by atoms with Crippen molar-refractivity contribution in [3.8, 4) is 5.75 Å². The number of rotatable bonds is 5. The highest BCUT2D eigenvalue weighted by Crippen LogP contribution is 2.24. The number of fused-ring (bicyclic) bond motifs is 1. The summed E-state index contributed by atoms with van der Waals surface area (Å²) in [6.45, 7) is 4.78. The van der Waals surface area contributed by atoms with Gasteiger partial charge in [0.1, 0.15) is 5.75 Å². The van der Waals surface area contributed by atoms with Crippen LogP contribution in [0, 0.1) is 0 Å². The van der Waals surface area contributed by atoms with Crippen LogP contribution in [0.15, 0.2) is 48.7 Å². The van der Waals surface area contributed by atoms with E-state index in [1.807, 2.05) is 56.4 Å². The van der Waals surface area contributed by atoms with Gasteiger partial charge in [-0.25, -0.2) is 0 Å². The molecule has 0 aliphatic rings. The van der Waals surface area contributed by atoms with Gasteiger partial charge in [-0.2, -0.15) is 5.10 Å². The molecule has 1 heterocycles. The maximum Gasteiger partial charge on any atom is 0.124 e. The number of para-hydroxylation sites is 2. The number of hydrogen-bond acceptors (Lipinski definition) is 3. The molecular formula is C17H19N3O. The van der Waals surface area contributed by atoms with Crippen molar-refractivity contribution in [1.82, 2.24) is 10.2 Å². The Kier molecular flexibility index (Phi) is 3.77. The number of nitrogens with one attached hydrogen (secondary N) is 2. The molecule has 3 rings (SSSR count). The first-order valence-electron chi connectivity index (χ1n) is 7.14. The molecule has 0 aliphatic carbocycles. The number of aromatic amines is 1. The molecule has 2 N–H and O–H groups in total. The van der Waals surface area contributed by atoms with Crippen LogP contribution in [0.2, 0.25) is 0 Å². The van der Waals surface area contributed by atoms with Crippen LogP contribution in [-0.2, 0) is 6.54 Å². The summed E-state index contributed by atoms with van der Waals surface area (Å²) < 4.78 is 5.85. The van der Waals surface area contributed by atoms with Crippen molar-refractivity contribution >= 4 is 16.6 Å². The Labute approximate surface area is 124 Å². The summed E-state index contributed by atoms with van der Waals surface area (Å²) in [6, 6.07) is 14.2. The van der Waals surface area contributed by atoms with E-state index < -0.39 is 0 Å². The summed E-state index contributed by atoms with van der Waals surface area (Å²) in [5.41, 5.74) is 3.21. The van der Waals surface area contributed by atoms with E-state index >= 15 is 0 Å². The van der Waals surface area contributed by atoms with Gasteiger partial charge in [0, 0.05) is 17.5 Å². The molecule has 108 valence electrons. The van der Waals surface area contributed by atoms with E-state index in [1.54, 1.807) is 0 Å². The van der Waals surface area contributed by atoms with Crippen LogP contribution in [0.4, 0.5) is 5.69 Å². The molecular weight excluding hydrogens is 262 g/mol. The Balaban J connectivity index is 1.80. The Morgan fingerprint density at radius 2 is 2.00 bits per heavy atom. The summed E-state index contributed by atoms with van der Waals surface area (Å²) in [6.07, 6.45) is 2.00. The van der Waals surface area contributed by atoms with E-state index in [4.69, 9.17) is 4.74 Å². The largest absolute Gasteiger partial charge is 0.491 e. The van der Waals surface area contributed by atoms with Gasteiger partial charge in [0.05, 0.1) is 23.5 Å². The Bertz CT molecular complexity index is 733. The Morgan fingerprint density at radius 3 is 2.86 bits per heavy atom. The first-order valence-corrected chi connectivity index (χ1v) is 7.14. The van der Waals surface area contributed by atoms with Gasteiger partial charge in [0.15, 0.2) is 0 Å². The van der Waals surface area contributed by atoms with Crippen LogP contribution in [0.5, 0.6) is 5.75 Å². The first kappa shape index (κ1) is 13.5. The quantitative estimate of drug-likeness (QED) is 0.744. The average molecular weight is 281 g/mol. The molecule has 0 fully saturated rings. The summed E-state index contributed by atoms with van der Waals surface area (Å²) in [4.78, 5) is 0. The fourth-order valence-corrected chi connectivity index (χ4v) is 2.33. The third kappa shape index (κ3) is 2.99. The zero-order chi connectivity index (χ0) is 14.7.